The summed E-state index contributed by atoms with van der Waals surface area (Å²) in [5.41, 5.74) is 0. The first-order valence-corrected chi connectivity index (χ1v) is 14.2. The summed E-state index contributed by atoms with van der Waals surface area (Å²) in [4.78, 5) is 10.3. The Morgan fingerprint density at radius 3 is 2.30 bits per heavy atom. The van der Waals surface area contributed by atoms with Gasteiger partial charge in [0.2, 0.25) is 25.0 Å². The average Bonchev–Trinajstić information content (AvgIpc) is 3.21. The van der Waals surface area contributed by atoms with Crippen molar-refractivity contribution in [3.05, 3.63) is 46.7 Å². The van der Waals surface area contributed by atoms with Crippen LogP contribution < -0.4 is 5.32 Å². The van der Waals surface area contributed by atoms with E-state index in [1.165, 1.54) is 58.6 Å². The van der Waals surface area contributed by atoms with Crippen molar-refractivity contribution in [1.29, 1.82) is 0 Å². The molecule has 0 saturated carbocycles. The van der Waals surface area contributed by atoms with E-state index in [2.05, 4.69) is 30.4 Å². The molecule has 1 aromatic carbocycles. The molecule has 0 aliphatic carbocycles. The van der Waals surface area contributed by atoms with Crippen molar-refractivity contribution >= 4 is 53.7 Å². The molecule has 2 aromatic heterocycles. The van der Waals surface area contributed by atoms with Gasteiger partial charge in [-0.1, -0.05) is 22.9 Å². The maximum Gasteiger partial charge on any atom is 0.225 e. The van der Waals surface area contributed by atoms with Crippen LogP contribution in [-0.4, -0.2) is 78.6 Å². The quantitative estimate of drug-likeness (QED) is 0.480. The van der Waals surface area contributed by atoms with E-state index in [9.17, 15) is 16.8 Å². The molecule has 1 saturated heterocycles. The Hall–Kier alpha value is -2.23. The van der Waals surface area contributed by atoms with Crippen molar-refractivity contribution in [2.24, 2.45) is 0 Å². The molecule has 176 valence electrons. The zero-order valence-electron chi connectivity index (χ0n) is 17.4. The van der Waals surface area contributed by atoms with E-state index in [1.54, 1.807) is 0 Å². The minimum atomic E-state index is -3.80. The summed E-state index contributed by atoms with van der Waals surface area (Å²) in [7, 11) is -6.97. The van der Waals surface area contributed by atoms with Crippen LogP contribution in [0.15, 0.2) is 46.6 Å². The van der Waals surface area contributed by atoms with Crippen molar-refractivity contribution in [1.82, 2.24) is 29.4 Å². The fourth-order valence-corrected chi connectivity index (χ4v) is 6.00. The van der Waals surface area contributed by atoms with E-state index >= 15 is 0 Å². The number of benzene rings is 1. The van der Waals surface area contributed by atoms with E-state index in [-0.39, 0.29) is 9.92 Å². The van der Waals surface area contributed by atoms with Gasteiger partial charge in [-0.3, -0.25) is 4.90 Å². The van der Waals surface area contributed by atoms with E-state index in [0.29, 0.717) is 48.7 Å². The Balaban J connectivity index is 1.36. The number of aromatic nitrogens is 4. The van der Waals surface area contributed by atoms with Gasteiger partial charge in [-0.15, -0.1) is 10.2 Å². The van der Waals surface area contributed by atoms with Crippen LogP contribution in [0.3, 0.4) is 0 Å². The van der Waals surface area contributed by atoms with Gasteiger partial charge in [0, 0.05) is 31.2 Å². The highest BCUT2D eigenvalue weighted by Crippen LogP contribution is 2.23. The molecule has 0 unspecified atom stereocenters. The fourth-order valence-electron chi connectivity index (χ4n) is 3.14. The van der Waals surface area contributed by atoms with Crippen LogP contribution >= 0.6 is 22.9 Å². The van der Waals surface area contributed by atoms with Gasteiger partial charge in [0.05, 0.1) is 30.1 Å². The number of nitrogens with one attached hydrogen (secondary N) is 1. The van der Waals surface area contributed by atoms with E-state index < -0.39 is 19.9 Å². The van der Waals surface area contributed by atoms with Crippen LogP contribution in [0.1, 0.15) is 5.01 Å². The molecule has 33 heavy (non-hydrogen) atoms. The zero-order valence-corrected chi connectivity index (χ0v) is 20.6. The largest absolute Gasteiger partial charge is 0.313 e. The number of halogens is 1. The van der Waals surface area contributed by atoms with Gasteiger partial charge in [0.1, 0.15) is 5.01 Å². The van der Waals surface area contributed by atoms with Crippen molar-refractivity contribution in [3.63, 3.8) is 0 Å². The first-order chi connectivity index (χ1) is 15.6. The lowest BCUT2D eigenvalue weighted by molar-refractivity contribution is 0.181. The molecule has 3 aromatic rings. The second-order valence-electron chi connectivity index (χ2n) is 7.26. The minimum absolute atomic E-state index is 0.0769. The molecule has 0 radical (unpaired) electrons. The van der Waals surface area contributed by atoms with Crippen LogP contribution in [-0.2, 0) is 26.4 Å². The molecule has 1 N–H and O–H groups in total. The third-order valence-corrected chi connectivity index (χ3v) is 8.92. The van der Waals surface area contributed by atoms with Gasteiger partial charge in [-0.25, -0.2) is 26.8 Å². The van der Waals surface area contributed by atoms with E-state index in [1.807, 2.05) is 0 Å². The van der Waals surface area contributed by atoms with Crippen molar-refractivity contribution < 1.29 is 16.8 Å². The maximum absolute atomic E-state index is 12.7. The molecule has 1 fully saturated rings. The molecule has 0 spiro atoms. The number of rotatable bonds is 7. The standard InChI is InChI=1S/C18H20ClN7O4S3/c1-32(27,28)26-8-6-25(7-9-26)12-16-23-24-18(31-16)22-15-10-21-17(11-20-15)33(29,30)14-4-2-13(19)3-5-14/h2-5,10-11H,6-9,12H2,1H3,(H,20,22,24). The molecule has 1 aliphatic heterocycles. The number of anilines is 2. The lowest BCUT2D eigenvalue weighted by atomic mass is 10.3. The van der Waals surface area contributed by atoms with E-state index in [0.717, 1.165) is 5.01 Å². The minimum Gasteiger partial charge on any atom is -0.313 e. The van der Waals surface area contributed by atoms with Crippen LogP contribution in [0.4, 0.5) is 10.9 Å². The highest BCUT2D eigenvalue weighted by atomic mass is 35.5. The summed E-state index contributed by atoms with van der Waals surface area (Å²) in [6.45, 7) is 2.68. The Morgan fingerprint density at radius 1 is 1.00 bits per heavy atom. The topological polar surface area (TPSA) is 138 Å². The van der Waals surface area contributed by atoms with Crippen LogP contribution in [0, 0.1) is 0 Å². The predicted octanol–water partition coefficient (Wildman–Crippen LogP) is 1.64. The Kier molecular flexibility index (Phi) is 6.93. The number of hydrogen-bond donors (Lipinski definition) is 1. The number of hydrogen-bond acceptors (Lipinski definition) is 11. The Labute approximate surface area is 200 Å². The SMILES string of the molecule is CS(=O)(=O)N1CCN(Cc2nnc(Nc3cnc(S(=O)(=O)c4ccc(Cl)cc4)cn3)s2)CC1. The lowest BCUT2D eigenvalue weighted by Gasteiger charge is -2.32. The summed E-state index contributed by atoms with van der Waals surface area (Å²) in [5.74, 6) is 0.328. The van der Waals surface area contributed by atoms with Gasteiger partial charge in [-0.05, 0) is 24.3 Å². The van der Waals surface area contributed by atoms with Crippen LogP contribution in [0.5, 0.6) is 0 Å². The molecule has 4 rings (SSSR count). The number of sulfonamides is 1. The molecule has 0 amide bonds. The third-order valence-electron chi connectivity index (χ3n) is 4.89. The monoisotopic (exact) mass is 529 g/mol. The van der Waals surface area contributed by atoms with Gasteiger partial charge in [-0.2, -0.15) is 4.31 Å². The van der Waals surface area contributed by atoms with Crippen molar-refractivity contribution in [2.75, 3.05) is 37.8 Å². The highest BCUT2D eigenvalue weighted by Gasteiger charge is 2.24. The first-order valence-electron chi connectivity index (χ1n) is 9.71. The Bertz CT molecular complexity index is 1320. The summed E-state index contributed by atoms with van der Waals surface area (Å²) < 4.78 is 50.0. The maximum atomic E-state index is 12.7. The molecule has 11 nitrogen and oxygen atoms in total. The van der Waals surface area contributed by atoms with Gasteiger partial charge < -0.3 is 5.32 Å². The second-order valence-corrected chi connectivity index (χ2v) is 12.6. The predicted molar refractivity (Wildman–Crippen MR) is 124 cm³/mol. The number of piperazine rings is 1. The molecule has 3 heterocycles. The van der Waals surface area contributed by atoms with Crippen molar-refractivity contribution in [3.8, 4) is 0 Å². The molecular weight excluding hydrogens is 510 g/mol. The average molecular weight is 530 g/mol. The number of nitrogens with zero attached hydrogens (tertiary/aromatic N) is 6. The fraction of sp³-hybridized carbons (Fsp3) is 0.333. The van der Waals surface area contributed by atoms with E-state index in [4.69, 9.17) is 11.6 Å². The summed E-state index contributed by atoms with van der Waals surface area (Å²) >= 11 is 7.15. The third kappa shape index (κ3) is 5.83. The molecular formula is C18H20ClN7O4S3. The number of sulfone groups is 1. The zero-order chi connectivity index (χ0) is 23.6. The first kappa shape index (κ1) is 23.9. The van der Waals surface area contributed by atoms with Crippen LogP contribution in [0.2, 0.25) is 5.02 Å². The van der Waals surface area contributed by atoms with Gasteiger partial charge >= 0.3 is 0 Å². The highest BCUT2D eigenvalue weighted by molar-refractivity contribution is 7.91. The molecule has 0 atom stereocenters. The van der Waals surface area contributed by atoms with Gasteiger partial charge in [0.25, 0.3) is 0 Å². The second kappa shape index (κ2) is 9.56. The Morgan fingerprint density at radius 2 is 1.70 bits per heavy atom. The molecule has 0 bridgehead atoms. The van der Waals surface area contributed by atoms with Crippen molar-refractivity contribution in [2.45, 2.75) is 16.5 Å². The molecule has 1 aliphatic rings. The summed E-state index contributed by atoms with van der Waals surface area (Å²) in [6.07, 6.45) is 3.71. The summed E-state index contributed by atoms with van der Waals surface area (Å²) in [5, 5.41) is 12.7. The summed E-state index contributed by atoms with van der Waals surface area (Å²) in [6, 6.07) is 5.82. The normalized spacial score (nSPS) is 16.1. The lowest BCUT2D eigenvalue weighted by Crippen LogP contribution is -2.47. The van der Waals surface area contributed by atoms with Crippen LogP contribution in [0.25, 0.3) is 0 Å². The van der Waals surface area contributed by atoms with Gasteiger partial charge in [0.15, 0.2) is 10.8 Å². The molecule has 15 heteroatoms. The smallest absolute Gasteiger partial charge is 0.225 e.